The first-order valence-corrected chi connectivity index (χ1v) is 11.1. The van der Waals surface area contributed by atoms with E-state index in [4.69, 9.17) is 21.7 Å². The van der Waals surface area contributed by atoms with E-state index < -0.39 is 4.92 Å². The van der Waals surface area contributed by atoms with Crippen molar-refractivity contribution in [3.8, 4) is 11.5 Å². The first-order chi connectivity index (χ1) is 16.0. The lowest BCUT2D eigenvalue weighted by molar-refractivity contribution is -0.384. The number of carbonyl (C=O) groups is 1. The van der Waals surface area contributed by atoms with Crippen molar-refractivity contribution in [1.82, 2.24) is 0 Å². The summed E-state index contributed by atoms with van der Waals surface area (Å²) < 4.78 is 11.7. The quantitative estimate of drug-likeness (QED) is 0.190. The van der Waals surface area contributed by atoms with Crippen molar-refractivity contribution in [2.75, 3.05) is 12.0 Å². The number of hydrogen-bond donors (Lipinski definition) is 0. The number of carbonyl (C=O) groups excluding carboxylic acids is 1. The van der Waals surface area contributed by atoms with E-state index in [9.17, 15) is 14.9 Å². The van der Waals surface area contributed by atoms with Crippen LogP contribution in [-0.2, 0) is 11.4 Å². The molecule has 0 aliphatic carbocycles. The van der Waals surface area contributed by atoms with Gasteiger partial charge in [-0.3, -0.25) is 19.8 Å². The number of amides is 1. The maximum absolute atomic E-state index is 13.0. The van der Waals surface area contributed by atoms with Crippen LogP contribution in [0.15, 0.2) is 77.7 Å². The van der Waals surface area contributed by atoms with Crippen molar-refractivity contribution in [3.05, 3.63) is 98.9 Å². The van der Waals surface area contributed by atoms with Crippen LogP contribution in [-0.4, -0.2) is 22.3 Å². The highest BCUT2D eigenvalue weighted by Crippen LogP contribution is 2.37. The van der Waals surface area contributed by atoms with Gasteiger partial charge in [0.15, 0.2) is 15.8 Å². The number of nitro groups is 1. The minimum absolute atomic E-state index is 0.0543. The lowest BCUT2D eigenvalue weighted by atomic mass is 10.1. The second-order valence-corrected chi connectivity index (χ2v) is 8.65. The molecule has 1 amide bonds. The monoisotopic (exact) mass is 478 g/mol. The number of nitro benzene ring substituents is 1. The third-order valence-electron chi connectivity index (χ3n) is 4.84. The van der Waals surface area contributed by atoms with Gasteiger partial charge in [0.1, 0.15) is 6.61 Å². The van der Waals surface area contributed by atoms with E-state index in [0.717, 1.165) is 11.1 Å². The van der Waals surface area contributed by atoms with Crippen LogP contribution in [0.4, 0.5) is 11.4 Å². The summed E-state index contributed by atoms with van der Waals surface area (Å²) in [6.45, 7) is 0.407. The first kappa shape index (κ1) is 22.5. The Hall–Kier alpha value is -3.69. The van der Waals surface area contributed by atoms with E-state index in [1.165, 1.54) is 40.9 Å². The second-order valence-electron chi connectivity index (χ2n) is 6.98. The summed E-state index contributed by atoms with van der Waals surface area (Å²) in [7, 11) is 1.56. The van der Waals surface area contributed by atoms with Gasteiger partial charge in [0, 0.05) is 12.1 Å². The summed E-state index contributed by atoms with van der Waals surface area (Å²) in [5.74, 6) is 0.852. The molecule has 33 heavy (non-hydrogen) atoms. The molecule has 0 bridgehead atoms. The van der Waals surface area contributed by atoms with Crippen LogP contribution in [0.25, 0.3) is 6.08 Å². The van der Waals surface area contributed by atoms with Gasteiger partial charge in [-0.25, -0.2) is 0 Å². The van der Waals surface area contributed by atoms with Gasteiger partial charge in [0.25, 0.3) is 11.6 Å². The number of non-ortho nitro benzene ring substituents is 1. The van der Waals surface area contributed by atoms with E-state index in [0.29, 0.717) is 33.0 Å². The number of nitrogens with zero attached hydrogens (tertiary/aromatic N) is 2. The van der Waals surface area contributed by atoms with E-state index in [1.807, 2.05) is 36.4 Å². The Morgan fingerprint density at radius 3 is 2.45 bits per heavy atom. The van der Waals surface area contributed by atoms with Gasteiger partial charge in [-0.15, -0.1) is 0 Å². The number of ether oxygens (including phenoxy) is 2. The Balaban J connectivity index is 1.52. The number of rotatable bonds is 7. The molecule has 1 aliphatic heterocycles. The molecule has 1 heterocycles. The molecule has 3 aromatic rings. The van der Waals surface area contributed by atoms with Crippen LogP contribution < -0.4 is 14.4 Å². The van der Waals surface area contributed by atoms with Gasteiger partial charge >= 0.3 is 0 Å². The zero-order valence-electron chi connectivity index (χ0n) is 17.5. The van der Waals surface area contributed by atoms with Gasteiger partial charge in [0.05, 0.1) is 22.6 Å². The van der Waals surface area contributed by atoms with Crippen LogP contribution in [0.1, 0.15) is 11.1 Å². The highest BCUT2D eigenvalue weighted by Gasteiger charge is 2.33. The Kier molecular flexibility index (Phi) is 6.71. The van der Waals surface area contributed by atoms with Gasteiger partial charge in [-0.1, -0.05) is 60.4 Å². The third-order valence-corrected chi connectivity index (χ3v) is 6.14. The maximum Gasteiger partial charge on any atom is 0.270 e. The number of benzene rings is 3. The van der Waals surface area contributed by atoms with E-state index in [1.54, 1.807) is 25.3 Å². The normalized spacial score (nSPS) is 14.6. The number of thioether (sulfide) groups is 1. The Morgan fingerprint density at radius 2 is 1.79 bits per heavy atom. The molecule has 1 fully saturated rings. The largest absolute Gasteiger partial charge is 0.493 e. The SMILES string of the molecule is COc1cc(/C=C2\SC(=S)N(c3ccc([N+](=O)[O-])cc3)C2=O)ccc1OCc1ccccc1. The smallest absolute Gasteiger partial charge is 0.270 e. The number of anilines is 1. The predicted octanol–water partition coefficient (Wildman–Crippen LogP) is 5.59. The summed E-state index contributed by atoms with van der Waals surface area (Å²) in [4.78, 5) is 25.2. The molecule has 0 radical (unpaired) electrons. The zero-order chi connectivity index (χ0) is 23.4. The summed E-state index contributed by atoms with van der Waals surface area (Å²) >= 11 is 6.55. The predicted molar refractivity (Wildman–Crippen MR) is 133 cm³/mol. The van der Waals surface area contributed by atoms with Crippen molar-refractivity contribution in [1.29, 1.82) is 0 Å². The van der Waals surface area contributed by atoms with E-state index in [-0.39, 0.29) is 11.6 Å². The minimum atomic E-state index is -0.491. The maximum atomic E-state index is 13.0. The van der Waals surface area contributed by atoms with Crippen LogP contribution in [0.5, 0.6) is 11.5 Å². The summed E-state index contributed by atoms with van der Waals surface area (Å²) in [6.07, 6.45) is 1.73. The molecule has 4 rings (SSSR count). The van der Waals surface area contributed by atoms with Crippen molar-refractivity contribution >= 4 is 51.7 Å². The van der Waals surface area contributed by atoms with Gasteiger partial charge < -0.3 is 9.47 Å². The molecule has 0 unspecified atom stereocenters. The van der Waals surface area contributed by atoms with Crippen molar-refractivity contribution in [2.24, 2.45) is 0 Å². The average Bonchev–Trinajstić information content (AvgIpc) is 3.11. The second kappa shape index (κ2) is 9.85. The van der Waals surface area contributed by atoms with Crippen LogP contribution >= 0.6 is 24.0 Å². The third kappa shape index (κ3) is 5.05. The summed E-state index contributed by atoms with van der Waals surface area (Å²) in [6, 6.07) is 20.9. The van der Waals surface area contributed by atoms with Crippen molar-refractivity contribution < 1.29 is 19.2 Å². The standard InChI is InChI=1S/C24H18N2O5S2/c1-30-21-13-17(7-12-20(21)31-15-16-5-3-2-4-6-16)14-22-23(27)25(24(32)33-22)18-8-10-19(11-9-18)26(28)29/h2-14H,15H2,1H3/b22-14-. The Labute approximate surface area is 199 Å². The molecule has 0 aromatic heterocycles. The number of thiocarbonyl (C=S) groups is 1. The molecule has 0 spiro atoms. The lowest BCUT2D eigenvalue weighted by Crippen LogP contribution is -2.27. The molecule has 9 heteroatoms. The lowest BCUT2D eigenvalue weighted by Gasteiger charge is -2.14. The fraction of sp³-hybridized carbons (Fsp3) is 0.0833. The molecule has 3 aromatic carbocycles. The zero-order valence-corrected chi connectivity index (χ0v) is 19.1. The highest BCUT2D eigenvalue weighted by atomic mass is 32.2. The molecule has 166 valence electrons. The van der Waals surface area contributed by atoms with E-state index in [2.05, 4.69) is 0 Å². The molecule has 0 atom stereocenters. The average molecular weight is 479 g/mol. The van der Waals surface area contributed by atoms with Crippen LogP contribution in [0, 0.1) is 10.1 Å². The highest BCUT2D eigenvalue weighted by molar-refractivity contribution is 8.27. The summed E-state index contributed by atoms with van der Waals surface area (Å²) in [5.41, 5.74) is 2.22. The minimum Gasteiger partial charge on any atom is -0.493 e. The molecule has 0 saturated carbocycles. The number of hydrogen-bond acceptors (Lipinski definition) is 7. The number of methoxy groups -OCH3 is 1. The fourth-order valence-electron chi connectivity index (χ4n) is 3.19. The molecule has 7 nitrogen and oxygen atoms in total. The Bertz CT molecular complexity index is 1240. The van der Waals surface area contributed by atoms with Crippen LogP contribution in [0.3, 0.4) is 0 Å². The first-order valence-electron chi connectivity index (χ1n) is 9.83. The van der Waals surface area contributed by atoms with Gasteiger partial charge in [-0.05, 0) is 41.5 Å². The molecular formula is C24H18N2O5S2. The molecule has 1 aliphatic rings. The molecular weight excluding hydrogens is 460 g/mol. The van der Waals surface area contributed by atoms with E-state index >= 15 is 0 Å². The Morgan fingerprint density at radius 1 is 1.06 bits per heavy atom. The topological polar surface area (TPSA) is 81.9 Å². The molecule has 0 N–H and O–H groups in total. The van der Waals surface area contributed by atoms with Crippen molar-refractivity contribution in [2.45, 2.75) is 6.61 Å². The summed E-state index contributed by atoms with van der Waals surface area (Å²) in [5, 5.41) is 10.9. The van der Waals surface area contributed by atoms with Crippen LogP contribution in [0.2, 0.25) is 0 Å². The molecule has 1 saturated heterocycles. The van der Waals surface area contributed by atoms with Gasteiger partial charge in [0.2, 0.25) is 0 Å². The fourth-order valence-corrected chi connectivity index (χ4v) is 4.49. The van der Waals surface area contributed by atoms with Gasteiger partial charge in [-0.2, -0.15) is 0 Å². The van der Waals surface area contributed by atoms with Crippen molar-refractivity contribution in [3.63, 3.8) is 0 Å².